The largest absolute Gasteiger partial charge is 0.484 e. The van der Waals surface area contributed by atoms with Gasteiger partial charge in [0, 0.05) is 29.0 Å². The highest BCUT2D eigenvalue weighted by atomic mass is 79.9. The SMILES string of the molecule is CCNC(=O)[C@@H](Cc1ccccc1)N(Cc1ccccc1Cl)C(=O)COc1cc(C)c(Br)c(C)c1. The minimum absolute atomic E-state index is 0.189. The first-order valence-corrected chi connectivity index (χ1v) is 12.7. The van der Waals surface area contributed by atoms with Gasteiger partial charge in [0.05, 0.1) is 0 Å². The molecule has 0 saturated carbocycles. The Balaban J connectivity index is 1.91. The van der Waals surface area contributed by atoms with E-state index in [0.29, 0.717) is 23.7 Å². The molecule has 0 bridgehead atoms. The highest BCUT2D eigenvalue weighted by Gasteiger charge is 2.31. The number of carbonyl (C=O) groups is 2. The molecule has 0 spiro atoms. The van der Waals surface area contributed by atoms with Crippen LogP contribution in [0.3, 0.4) is 0 Å². The second kappa shape index (κ2) is 12.8. The van der Waals surface area contributed by atoms with E-state index in [1.807, 2.05) is 81.4 Å². The third-order valence-electron chi connectivity index (χ3n) is 5.69. The van der Waals surface area contributed by atoms with Crippen LogP contribution >= 0.6 is 27.5 Å². The van der Waals surface area contributed by atoms with Crippen LogP contribution in [0, 0.1) is 13.8 Å². The zero-order valence-electron chi connectivity index (χ0n) is 20.2. The predicted molar refractivity (Wildman–Crippen MR) is 144 cm³/mol. The number of benzene rings is 3. The summed E-state index contributed by atoms with van der Waals surface area (Å²) in [6.07, 6.45) is 0.374. The number of carbonyl (C=O) groups excluding carboxylic acids is 2. The molecule has 184 valence electrons. The van der Waals surface area contributed by atoms with Gasteiger partial charge >= 0.3 is 0 Å². The first-order valence-electron chi connectivity index (χ1n) is 11.5. The van der Waals surface area contributed by atoms with Crippen LogP contribution in [0.15, 0.2) is 71.2 Å². The molecule has 0 aliphatic carbocycles. The van der Waals surface area contributed by atoms with Crippen LogP contribution in [0.25, 0.3) is 0 Å². The number of likely N-dealkylation sites (N-methyl/N-ethyl adjacent to an activating group) is 1. The maximum Gasteiger partial charge on any atom is 0.261 e. The van der Waals surface area contributed by atoms with Gasteiger partial charge in [0.15, 0.2) is 6.61 Å². The summed E-state index contributed by atoms with van der Waals surface area (Å²) < 4.78 is 6.91. The van der Waals surface area contributed by atoms with Gasteiger partial charge in [0.25, 0.3) is 5.91 Å². The first kappa shape index (κ1) is 26.8. The molecule has 1 N–H and O–H groups in total. The van der Waals surface area contributed by atoms with Crippen LogP contribution in [-0.2, 0) is 22.6 Å². The fourth-order valence-corrected chi connectivity index (χ4v) is 4.30. The number of halogens is 2. The standard InChI is InChI=1S/C28H30BrClN2O3/c1-4-31-28(34)25(16-21-10-6-5-7-11-21)32(17-22-12-8-9-13-24(22)30)26(33)18-35-23-14-19(2)27(29)20(3)15-23/h5-15,25H,4,16-18H2,1-3H3,(H,31,34)/t25-/m1/s1. The third-order valence-corrected chi connectivity index (χ3v) is 7.31. The lowest BCUT2D eigenvalue weighted by Gasteiger charge is -2.31. The quantitative estimate of drug-likeness (QED) is 0.339. The molecule has 0 heterocycles. The molecule has 1 atom stereocenters. The van der Waals surface area contributed by atoms with E-state index in [4.69, 9.17) is 16.3 Å². The van der Waals surface area contributed by atoms with Gasteiger partial charge in [-0.3, -0.25) is 9.59 Å². The monoisotopic (exact) mass is 556 g/mol. The highest BCUT2D eigenvalue weighted by Crippen LogP contribution is 2.27. The molecular weight excluding hydrogens is 528 g/mol. The Morgan fingerprint density at radius 1 is 1.03 bits per heavy atom. The predicted octanol–water partition coefficient (Wildman–Crippen LogP) is 5.87. The number of amides is 2. The van der Waals surface area contributed by atoms with Gasteiger partial charge in [-0.15, -0.1) is 0 Å². The summed E-state index contributed by atoms with van der Waals surface area (Å²) in [6, 6.07) is 20.1. The van der Waals surface area contributed by atoms with Crippen molar-refractivity contribution in [3.8, 4) is 5.75 Å². The molecule has 7 heteroatoms. The van der Waals surface area contributed by atoms with Crippen LogP contribution in [0.4, 0.5) is 0 Å². The van der Waals surface area contributed by atoms with Gasteiger partial charge < -0.3 is 15.0 Å². The molecule has 0 saturated heterocycles. The molecule has 0 unspecified atom stereocenters. The molecule has 3 aromatic rings. The molecule has 3 aromatic carbocycles. The molecule has 5 nitrogen and oxygen atoms in total. The number of aryl methyl sites for hydroxylation is 2. The van der Waals surface area contributed by atoms with Crippen LogP contribution in [0.5, 0.6) is 5.75 Å². The van der Waals surface area contributed by atoms with E-state index >= 15 is 0 Å². The molecule has 35 heavy (non-hydrogen) atoms. The Labute approximate surface area is 220 Å². The normalized spacial score (nSPS) is 11.6. The Bertz CT molecular complexity index is 1150. The molecule has 0 aromatic heterocycles. The van der Waals surface area contributed by atoms with Crippen molar-refractivity contribution in [1.82, 2.24) is 10.2 Å². The molecule has 3 rings (SSSR count). The lowest BCUT2D eigenvalue weighted by Crippen LogP contribution is -2.51. The maximum atomic E-state index is 13.6. The minimum Gasteiger partial charge on any atom is -0.484 e. The molecular formula is C28H30BrClN2O3. The summed E-state index contributed by atoms with van der Waals surface area (Å²) in [5, 5.41) is 3.43. The van der Waals surface area contributed by atoms with E-state index in [9.17, 15) is 9.59 Å². The second-order valence-corrected chi connectivity index (χ2v) is 9.57. The number of hydrogen-bond acceptors (Lipinski definition) is 3. The van der Waals surface area contributed by atoms with Gasteiger partial charge in [-0.1, -0.05) is 76.1 Å². The number of ether oxygens (including phenoxy) is 1. The smallest absolute Gasteiger partial charge is 0.261 e. The maximum absolute atomic E-state index is 13.6. The minimum atomic E-state index is -0.724. The van der Waals surface area contributed by atoms with E-state index in [2.05, 4.69) is 21.2 Å². The zero-order valence-corrected chi connectivity index (χ0v) is 22.5. The van der Waals surface area contributed by atoms with E-state index in [-0.39, 0.29) is 25.0 Å². The zero-order chi connectivity index (χ0) is 25.4. The summed E-state index contributed by atoms with van der Waals surface area (Å²) in [4.78, 5) is 28.3. The molecule has 2 amide bonds. The van der Waals surface area contributed by atoms with Gasteiger partial charge in [-0.05, 0) is 61.2 Å². The number of nitrogens with one attached hydrogen (secondary N) is 1. The van der Waals surface area contributed by atoms with Gasteiger partial charge in [0.1, 0.15) is 11.8 Å². The molecule has 0 aliphatic rings. The van der Waals surface area contributed by atoms with Crippen molar-refractivity contribution < 1.29 is 14.3 Å². The van der Waals surface area contributed by atoms with Crippen molar-refractivity contribution in [2.24, 2.45) is 0 Å². The highest BCUT2D eigenvalue weighted by molar-refractivity contribution is 9.10. The number of nitrogens with zero attached hydrogens (tertiary/aromatic N) is 1. The Kier molecular flexibility index (Phi) is 9.75. The lowest BCUT2D eigenvalue weighted by molar-refractivity contribution is -0.142. The van der Waals surface area contributed by atoms with Crippen molar-refractivity contribution in [3.63, 3.8) is 0 Å². The molecule has 0 radical (unpaired) electrons. The third kappa shape index (κ3) is 7.33. The van der Waals surface area contributed by atoms with Crippen LogP contribution in [0.1, 0.15) is 29.2 Å². The number of hydrogen-bond donors (Lipinski definition) is 1. The number of rotatable bonds is 10. The van der Waals surface area contributed by atoms with Gasteiger partial charge in [-0.2, -0.15) is 0 Å². The Morgan fingerprint density at radius 3 is 2.29 bits per heavy atom. The van der Waals surface area contributed by atoms with E-state index in [0.717, 1.165) is 26.7 Å². The lowest BCUT2D eigenvalue weighted by atomic mass is 10.0. The average molecular weight is 558 g/mol. The van der Waals surface area contributed by atoms with E-state index < -0.39 is 6.04 Å². The second-order valence-electron chi connectivity index (χ2n) is 8.37. The van der Waals surface area contributed by atoms with E-state index in [1.165, 1.54) is 0 Å². The van der Waals surface area contributed by atoms with Gasteiger partial charge in [-0.25, -0.2) is 0 Å². The van der Waals surface area contributed by atoms with Crippen molar-refractivity contribution >= 4 is 39.3 Å². The summed E-state index contributed by atoms with van der Waals surface area (Å²) >= 11 is 9.98. The summed E-state index contributed by atoms with van der Waals surface area (Å²) in [6.45, 7) is 6.26. The van der Waals surface area contributed by atoms with Crippen molar-refractivity contribution in [1.29, 1.82) is 0 Å². The molecule has 0 fully saturated rings. The summed E-state index contributed by atoms with van der Waals surface area (Å²) in [5.41, 5.74) is 3.76. The fraction of sp³-hybridized carbons (Fsp3) is 0.286. The fourth-order valence-electron chi connectivity index (χ4n) is 3.87. The van der Waals surface area contributed by atoms with E-state index in [1.54, 1.807) is 11.0 Å². The van der Waals surface area contributed by atoms with Crippen molar-refractivity contribution in [2.45, 2.75) is 39.8 Å². The van der Waals surface area contributed by atoms with Crippen molar-refractivity contribution in [2.75, 3.05) is 13.2 Å². The topological polar surface area (TPSA) is 58.6 Å². The average Bonchev–Trinajstić information content (AvgIpc) is 2.85. The Hall–Kier alpha value is -2.83. The van der Waals surface area contributed by atoms with Crippen molar-refractivity contribution in [3.05, 3.63) is 98.5 Å². The van der Waals surface area contributed by atoms with Crippen LogP contribution in [-0.4, -0.2) is 35.9 Å². The first-order chi connectivity index (χ1) is 16.8. The summed E-state index contributed by atoms with van der Waals surface area (Å²) in [5.74, 6) is 0.0919. The Morgan fingerprint density at radius 2 is 1.66 bits per heavy atom. The summed E-state index contributed by atoms with van der Waals surface area (Å²) in [7, 11) is 0. The molecule has 0 aliphatic heterocycles. The van der Waals surface area contributed by atoms with Crippen LogP contribution in [0.2, 0.25) is 5.02 Å². The van der Waals surface area contributed by atoms with Crippen LogP contribution < -0.4 is 10.1 Å². The van der Waals surface area contributed by atoms with Gasteiger partial charge in [0.2, 0.25) is 5.91 Å².